The van der Waals surface area contributed by atoms with Gasteiger partial charge in [-0.2, -0.15) is 0 Å². The highest BCUT2D eigenvalue weighted by Gasteiger charge is 2.37. The Kier molecular flexibility index (Phi) is 5.07. The van der Waals surface area contributed by atoms with Gasteiger partial charge in [0.25, 0.3) is 0 Å². The van der Waals surface area contributed by atoms with E-state index in [-0.39, 0.29) is 12.1 Å². The van der Waals surface area contributed by atoms with Gasteiger partial charge in [0.05, 0.1) is 25.9 Å². The number of nitrogens with one attached hydrogen (secondary N) is 1. The monoisotopic (exact) mass is 327 g/mol. The first kappa shape index (κ1) is 16.8. The zero-order valence-corrected chi connectivity index (χ0v) is 14.3. The molecule has 0 radical (unpaired) electrons. The summed E-state index contributed by atoms with van der Waals surface area (Å²) in [5.41, 5.74) is 3.28. The molecule has 2 aromatic rings. The van der Waals surface area contributed by atoms with Gasteiger partial charge in [0.2, 0.25) is 0 Å². The lowest BCUT2D eigenvalue weighted by Crippen LogP contribution is -2.43. The van der Waals surface area contributed by atoms with Crippen LogP contribution >= 0.6 is 0 Å². The van der Waals surface area contributed by atoms with Crippen molar-refractivity contribution in [3.05, 3.63) is 59.2 Å². The molecule has 2 N–H and O–H groups in total. The van der Waals surface area contributed by atoms with Crippen LogP contribution in [0, 0.1) is 0 Å². The van der Waals surface area contributed by atoms with Gasteiger partial charge in [-0.15, -0.1) is 0 Å². The molecule has 4 heteroatoms. The third-order valence-electron chi connectivity index (χ3n) is 4.78. The number of aryl methyl sites for hydroxylation is 1. The van der Waals surface area contributed by atoms with E-state index in [1.54, 1.807) is 7.11 Å². The van der Waals surface area contributed by atoms with Crippen LogP contribution in [-0.2, 0) is 18.5 Å². The van der Waals surface area contributed by atoms with E-state index >= 15 is 0 Å². The fourth-order valence-corrected chi connectivity index (χ4v) is 3.46. The van der Waals surface area contributed by atoms with Crippen LogP contribution in [0.2, 0.25) is 0 Å². The zero-order valence-electron chi connectivity index (χ0n) is 14.3. The maximum absolute atomic E-state index is 10.0. The predicted molar refractivity (Wildman–Crippen MR) is 94.5 cm³/mol. The van der Waals surface area contributed by atoms with Gasteiger partial charge in [-0.05, 0) is 48.6 Å². The molecule has 0 aliphatic heterocycles. The summed E-state index contributed by atoms with van der Waals surface area (Å²) in [6.45, 7) is 3.33. The summed E-state index contributed by atoms with van der Waals surface area (Å²) >= 11 is 0. The minimum absolute atomic E-state index is 0.0954. The minimum atomic E-state index is -0.359. The number of benzene rings is 2. The summed E-state index contributed by atoms with van der Waals surface area (Å²) < 4.78 is 11.0. The van der Waals surface area contributed by atoms with Gasteiger partial charge in [-0.3, -0.25) is 0 Å². The van der Waals surface area contributed by atoms with Crippen LogP contribution in [0.25, 0.3) is 0 Å². The van der Waals surface area contributed by atoms with Crippen molar-refractivity contribution in [3.63, 3.8) is 0 Å². The van der Waals surface area contributed by atoms with Crippen LogP contribution in [0.5, 0.6) is 11.5 Å². The third-order valence-corrected chi connectivity index (χ3v) is 4.78. The summed E-state index contributed by atoms with van der Waals surface area (Å²) in [5, 5.41) is 13.6. The summed E-state index contributed by atoms with van der Waals surface area (Å²) in [6, 6.07) is 14.3. The zero-order chi connectivity index (χ0) is 17.0. The van der Waals surface area contributed by atoms with Crippen molar-refractivity contribution in [2.45, 2.75) is 31.8 Å². The quantitative estimate of drug-likeness (QED) is 0.821. The molecule has 24 heavy (non-hydrogen) atoms. The van der Waals surface area contributed by atoms with E-state index < -0.39 is 0 Å². The van der Waals surface area contributed by atoms with E-state index in [1.807, 2.05) is 31.2 Å². The summed E-state index contributed by atoms with van der Waals surface area (Å²) in [5.74, 6) is 1.49. The van der Waals surface area contributed by atoms with E-state index in [1.165, 1.54) is 11.1 Å². The first-order valence-electron chi connectivity index (χ1n) is 8.46. The topological polar surface area (TPSA) is 50.7 Å². The highest BCUT2D eigenvalue weighted by atomic mass is 16.5. The van der Waals surface area contributed by atoms with Gasteiger partial charge in [0.1, 0.15) is 0 Å². The Morgan fingerprint density at radius 2 is 2.00 bits per heavy atom. The summed E-state index contributed by atoms with van der Waals surface area (Å²) in [4.78, 5) is 0. The Labute approximate surface area is 143 Å². The maximum Gasteiger partial charge on any atom is 0.161 e. The van der Waals surface area contributed by atoms with Crippen molar-refractivity contribution >= 4 is 0 Å². The van der Waals surface area contributed by atoms with Crippen LogP contribution in [0.15, 0.2) is 42.5 Å². The van der Waals surface area contributed by atoms with E-state index in [9.17, 15) is 5.11 Å². The normalized spacial score (nSPS) is 19.1. The molecule has 0 amide bonds. The molecule has 0 saturated carbocycles. The highest BCUT2D eigenvalue weighted by Crippen LogP contribution is 2.37. The number of aliphatic hydroxyl groups excluding tert-OH is 1. The number of ether oxygens (including phenoxy) is 2. The van der Waals surface area contributed by atoms with E-state index in [4.69, 9.17) is 9.47 Å². The second-order valence-corrected chi connectivity index (χ2v) is 6.17. The largest absolute Gasteiger partial charge is 0.493 e. The summed E-state index contributed by atoms with van der Waals surface area (Å²) in [6.07, 6.45) is 1.91. The van der Waals surface area contributed by atoms with Crippen LogP contribution in [0.3, 0.4) is 0 Å². The Hall–Kier alpha value is -2.04. The van der Waals surface area contributed by atoms with E-state index in [2.05, 4.69) is 23.5 Å². The predicted octanol–water partition coefficient (Wildman–Crippen LogP) is 3.02. The maximum atomic E-state index is 10.0. The molecule has 0 spiro atoms. The van der Waals surface area contributed by atoms with Crippen molar-refractivity contribution in [1.82, 2.24) is 5.32 Å². The third kappa shape index (κ3) is 3.12. The average Bonchev–Trinajstić information content (AvgIpc) is 3.00. The molecule has 128 valence electrons. The van der Waals surface area contributed by atoms with Crippen LogP contribution in [0.4, 0.5) is 0 Å². The fourth-order valence-electron chi connectivity index (χ4n) is 3.46. The van der Waals surface area contributed by atoms with Crippen LogP contribution < -0.4 is 14.8 Å². The van der Waals surface area contributed by atoms with Gasteiger partial charge >= 0.3 is 0 Å². The number of aliphatic hydroxyl groups is 1. The lowest BCUT2D eigenvalue weighted by molar-refractivity contribution is 0.159. The lowest BCUT2D eigenvalue weighted by atomic mass is 9.92. The minimum Gasteiger partial charge on any atom is -0.493 e. The van der Waals surface area contributed by atoms with Crippen molar-refractivity contribution in [2.75, 3.05) is 20.3 Å². The standard InChI is InChI=1S/C20H25NO3/c1-3-24-18-9-8-15(12-19(18)23-2)13-21-20(14-22)11-10-16-6-4-5-7-17(16)20/h4-9,12,21-22H,3,10-11,13-14H2,1-2H3. The number of hydrogen-bond donors (Lipinski definition) is 2. The molecule has 0 fully saturated rings. The number of fused-ring (bicyclic) bond motifs is 1. The Bertz CT molecular complexity index is 701. The second kappa shape index (κ2) is 7.24. The first-order chi connectivity index (χ1) is 11.7. The van der Waals surface area contributed by atoms with Gasteiger partial charge < -0.3 is 19.9 Å². The highest BCUT2D eigenvalue weighted by molar-refractivity contribution is 5.43. The Morgan fingerprint density at radius 3 is 2.75 bits per heavy atom. The molecule has 1 aliphatic carbocycles. The molecular formula is C20H25NO3. The Morgan fingerprint density at radius 1 is 1.17 bits per heavy atom. The van der Waals surface area contributed by atoms with Crippen LogP contribution in [-0.4, -0.2) is 25.4 Å². The van der Waals surface area contributed by atoms with Crippen LogP contribution in [0.1, 0.15) is 30.0 Å². The second-order valence-electron chi connectivity index (χ2n) is 6.17. The van der Waals surface area contributed by atoms with E-state index in [0.717, 1.165) is 29.9 Å². The molecule has 1 atom stereocenters. The van der Waals surface area contributed by atoms with Crippen molar-refractivity contribution in [2.24, 2.45) is 0 Å². The molecule has 3 rings (SSSR count). The average molecular weight is 327 g/mol. The molecule has 4 nitrogen and oxygen atoms in total. The number of methoxy groups -OCH3 is 1. The van der Waals surface area contributed by atoms with Gasteiger partial charge in [0.15, 0.2) is 11.5 Å². The summed E-state index contributed by atoms with van der Waals surface area (Å²) in [7, 11) is 1.65. The van der Waals surface area contributed by atoms with E-state index in [0.29, 0.717) is 13.2 Å². The molecule has 0 bridgehead atoms. The smallest absolute Gasteiger partial charge is 0.161 e. The molecule has 1 aliphatic rings. The molecule has 0 aromatic heterocycles. The van der Waals surface area contributed by atoms with Crippen molar-refractivity contribution in [1.29, 1.82) is 0 Å². The van der Waals surface area contributed by atoms with Gasteiger partial charge in [0, 0.05) is 6.54 Å². The molecule has 0 saturated heterocycles. The number of rotatable bonds is 7. The van der Waals surface area contributed by atoms with Crippen molar-refractivity contribution < 1.29 is 14.6 Å². The van der Waals surface area contributed by atoms with Gasteiger partial charge in [-0.1, -0.05) is 30.3 Å². The molecule has 1 unspecified atom stereocenters. The molecule has 2 aromatic carbocycles. The molecule has 0 heterocycles. The number of hydrogen-bond acceptors (Lipinski definition) is 4. The molecular weight excluding hydrogens is 302 g/mol. The Balaban J connectivity index is 1.78. The fraction of sp³-hybridized carbons (Fsp3) is 0.400. The van der Waals surface area contributed by atoms with Gasteiger partial charge in [-0.25, -0.2) is 0 Å². The first-order valence-corrected chi connectivity index (χ1v) is 8.46. The van der Waals surface area contributed by atoms with Crippen molar-refractivity contribution in [3.8, 4) is 11.5 Å². The lowest BCUT2D eigenvalue weighted by Gasteiger charge is -2.30. The SMILES string of the molecule is CCOc1ccc(CNC2(CO)CCc3ccccc32)cc1OC.